The van der Waals surface area contributed by atoms with E-state index in [4.69, 9.17) is 10.9 Å². The fourth-order valence-corrected chi connectivity index (χ4v) is 3.48. The molecule has 1 saturated carbocycles. The number of hydrogen-bond donors (Lipinski definition) is 2. The van der Waals surface area contributed by atoms with Gasteiger partial charge >= 0.3 is 0 Å². The first-order valence-corrected chi connectivity index (χ1v) is 7.41. The number of carbonyl (C=O) groups excluding carboxylic acids is 1. The minimum atomic E-state index is -0.740. The van der Waals surface area contributed by atoms with E-state index in [-0.39, 0.29) is 11.7 Å². The first-order valence-electron chi connectivity index (χ1n) is 7.41. The van der Waals surface area contributed by atoms with E-state index in [2.05, 4.69) is 12.1 Å². The van der Waals surface area contributed by atoms with Gasteiger partial charge in [-0.2, -0.15) is 0 Å². The molecular weight excluding hydrogens is 242 g/mol. The van der Waals surface area contributed by atoms with Crippen LogP contribution in [0.15, 0.2) is 5.16 Å². The summed E-state index contributed by atoms with van der Waals surface area (Å²) in [5.74, 6) is 0.799. The van der Waals surface area contributed by atoms with Crippen molar-refractivity contribution in [1.29, 1.82) is 0 Å². The second-order valence-electron chi connectivity index (χ2n) is 5.94. The normalized spacial score (nSPS) is 27.5. The fourth-order valence-electron chi connectivity index (χ4n) is 3.48. The molecule has 1 aliphatic carbocycles. The van der Waals surface area contributed by atoms with Crippen molar-refractivity contribution in [3.8, 4) is 0 Å². The first kappa shape index (κ1) is 14.2. The van der Waals surface area contributed by atoms with Crippen LogP contribution in [-0.4, -0.2) is 34.9 Å². The third-order valence-corrected chi connectivity index (χ3v) is 4.86. The molecule has 2 rings (SSSR count). The minimum absolute atomic E-state index is 0.0819. The van der Waals surface area contributed by atoms with Crippen molar-refractivity contribution in [3.63, 3.8) is 0 Å². The van der Waals surface area contributed by atoms with Crippen molar-refractivity contribution in [2.24, 2.45) is 22.2 Å². The lowest BCUT2D eigenvalue weighted by atomic mass is 9.72. The van der Waals surface area contributed by atoms with E-state index in [1.165, 1.54) is 0 Å². The lowest BCUT2D eigenvalue weighted by Gasteiger charge is -2.37. The fraction of sp³-hybridized carbons (Fsp3) is 0.857. The molecule has 1 saturated heterocycles. The van der Waals surface area contributed by atoms with Crippen LogP contribution in [0.3, 0.4) is 0 Å². The smallest absolute Gasteiger partial charge is 0.236 e. The number of likely N-dealkylation sites (tertiary alicyclic amines) is 1. The van der Waals surface area contributed by atoms with Gasteiger partial charge in [0.05, 0.1) is 0 Å². The van der Waals surface area contributed by atoms with Crippen LogP contribution in [0.2, 0.25) is 0 Å². The molecule has 1 atom stereocenters. The van der Waals surface area contributed by atoms with Gasteiger partial charge in [-0.1, -0.05) is 37.8 Å². The highest BCUT2D eigenvalue weighted by molar-refractivity contribution is 6.06. The van der Waals surface area contributed by atoms with Crippen LogP contribution in [-0.2, 0) is 4.79 Å². The van der Waals surface area contributed by atoms with Crippen molar-refractivity contribution in [1.82, 2.24) is 4.90 Å². The molecule has 3 N–H and O–H groups in total. The Kier molecular flexibility index (Phi) is 4.32. The maximum Gasteiger partial charge on any atom is 0.236 e. The van der Waals surface area contributed by atoms with Crippen LogP contribution in [0.25, 0.3) is 0 Å². The second-order valence-corrected chi connectivity index (χ2v) is 5.94. The van der Waals surface area contributed by atoms with E-state index in [9.17, 15) is 4.79 Å². The summed E-state index contributed by atoms with van der Waals surface area (Å²) in [4.78, 5) is 14.8. The van der Waals surface area contributed by atoms with Crippen LogP contribution in [0.4, 0.5) is 0 Å². The Hall–Kier alpha value is -1.26. The molecule has 0 bridgehead atoms. The highest BCUT2D eigenvalue weighted by Gasteiger charge is 2.47. The zero-order valence-electron chi connectivity index (χ0n) is 11.8. The summed E-state index contributed by atoms with van der Waals surface area (Å²) in [5.41, 5.74) is 5.13. The Balaban J connectivity index is 2.17. The number of carbonyl (C=O) groups is 1. The molecule has 5 heteroatoms. The SMILES string of the molecule is CCC1CCN(C(=O)C2(C(N)=NO)CCCCC2)C1. The van der Waals surface area contributed by atoms with Crippen LogP contribution >= 0.6 is 0 Å². The van der Waals surface area contributed by atoms with Gasteiger partial charge in [-0.3, -0.25) is 4.79 Å². The highest BCUT2D eigenvalue weighted by Crippen LogP contribution is 2.39. The second kappa shape index (κ2) is 5.80. The first-order chi connectivity index (χ1) is 9.14. The quantitative estimate of drug-likeness (QED) is 0.355. The molecule has 2 fully saturated rings. The molecule has 2 aliphatic rings. The molecule has 0 aromatic heterocycles. The summed E-state index contributed by atoms with van der Waals surface area (Å²) in [6.45, 7) is 3.81. The van der Waals surface area contributed by atoms with Gasteiger partial charge in [0.2, 0.25) is 5.91 Å². The van der Waals surface area contributed by atoms with Gasteiger partial charge in [-0.25, -0.2) is 0 Å². The Bertz CT molecular complexity index is 362. The van der Waals surface area contributed by atoms with Crippen LogP contribution in [0, 0.1) is 11.3 Å². The number of nitrogens with zero attached hydrogens (tertiary/aromatic N) is 2. The highest BCUT2D eigenvalue weighted by atomic mass is 16.4. The zero-order chi connectivity index (χ0) is 13.9. The van der Waals surface area contributed by atoms with Crippen molar-refractivity contribution >= 4 is 11.7 Å². The predicted octanol–water partition coefficient (Wildman–Crippen LogP) is 1.94. The van der Waals surface area contributed by atoms with E-state index in [0.29, 0.717) is 5.92 Å². The number of hydrogen-bond acceptors (Lipinski definition) is 3. The Morgan fingerprint density at radius 3 is 2.63 bits per heavy atom. The number of amides is 1. The van der Waals surface area contributed by atoms with Crippen molar-refractivity contribution in [3.05, 3.63) is 0 Å². The number of rotatable bonds is 3. The number of oxime groups is 1. The van der Waals surface area contributed by atoms with Crippen LogP contribution < -0.4 is 5.73 Å². The summed E-state index contributed by atoms with van der Waals surface area (Å²) in [6.07, 6.45) is 6.71. The van der Waals surface area contributed by atoms with Gasteiger partial charge < -0.3 is 15.8 Å². The van der Waals surface area contributed by atoms with Crippen LogP contribution in [0.1, 0.15) is 51.9 Å². The number of nitrogens with two attached hydrogens (primary N) is 1. The van der Waals surface area contributed by atoms with E-state index in [0.717, 1.165) is 58.0 Å². The average molecular weight is 267 g/mol. The molecule has 108 valence electrons. The predicted molar refractivity (Wildman–Crippen MR) is 73.9 cm³/mol. The largest absolute Gasteiger partial charge is 0.409 e. The van der Waals surface area contributed by atoms with Gasteiger partial charge in [-0.15, -0.1) is 0 Å². The van der Waals surface area contributed by atoms with Crippen molar-refractivity contribution in [2.45, 2.75) is 51.9 Å². The Labute approximate surface area is 114 Å². The lowest BCUT2D eigenvalue weighted by Crippen LogP contribution is -2.51. The summed E-state index contributed by atoms with van der Waals surface area (Å²) in [6, 6.07) is 0. The summed E-state index contributed by atoms with van der Waals surface area (Å²) in [7, 11) is 0. The maximum absolute atomic E-state index is 12.8. The summed E-state index contributed by atoms with van der Waals surface area (Å²) < 4.78 is 0. The molecule has 0 spiro atoms. The van der Waals surface area contributed by atoms with E-state index < -0.39 is 5.41 Å². The Morgan fingerprint density at radius 2 is 2.11 bits per heavy atom. The van der Waals surface area contributed by atoms with Gasteiger partial charge in [0.25, 0.3) is 0 Å². The molecule has 1 heterocycles. The Morgan fingerprint density at radius 1 is 1.42 bits per heavy atom. The molecule has 5 nitrogen and oxygen atoms in total. The number of amidine groups is 1. The van der Waals surface area contributed by atoms with Gasteiger partial charge in [-0.05, 0) is 25.2 Å². The standard InChI is InChI=1S/C14H25N3O2/c1-2-11-6-9-17(10-11)13(18)14(12(15)16-19)7-4-3-5-8-14/h11,19H,2-10H2,1H3,(H2,15,16). The van der Waals surface area contributed by atoms with E-state index in [1.807, 2.05) is 4.90 Å². The molecule has 1 aliphatic heterocycles. The van der Waals surface area contributed by atoms with Gasteiger partial charge in [0, 0.05) is 13.1 Å². The molecule has 19 heavy (non-hydrogen) atoms. The van der Waals surface area contributed by atoms with Crippen LogP contribution in [0.5, 0.6) is 0 Å². The third kappa shape index (κ3) is 2.55. The topological polar surface area (TPSA) is 78.9 Å². The molecule has 0 aromatic rings. The lowest BCUT2D eigenvalue weighted by molar-refractivity contribution is -0.139. The minimum Gasteiger partial charge on any atom is -0.409 e. The van der Waals surface area contributed by atoms with Crippen molar-refractivity contribution in [2.75, 3.05) is 13.1 Å². The maximum atomic E-state index is 12.8. The summed E-state index contributed by atoms with van der Waals surface area (Å²) in [5, 5.41) is 12.2. The molecule has 0 aromatic carbocycles. The van der Waals surface area contributed by atoms with E-state index in [1.54, 1.807) is 0 Å². The van der Waals surface area contributed by atoms with Gasteiger partial charge in [0.15, 0.2) is 5.84 Å². The summed E-state index contributed by atoms with van der Waals surface area (Å²) >= 11 is 0. The van der Waals surface area contributed by atoms with E-state index >= 15 is 0 Å². The monoisotopic (exact) mass is 267 g/mol. The average Bonchev–Trinajstić information content (AvgIpc) is 2.95. The molecular formula is C14H25N3O2. The molecule has 1 unspecified atom stereocenters. The third-order valence-electron chi connectivity index (χ3n) is 4.86. The zero-order valence-corrected chi connectivity index (χ0v) is 11.8. The van der Waals surface area contributed by atoms with Gasteiger partial charge in [0.1, 0.15) is 5.41 Å². The van der Waals surface area contributed by atoms with Crippen molar-refractivity contribution < 1.29 is 10.0 Å². The molecule has 1 amide bonds. The molecule has 0 radical (unpaired) electrons.